The van der Waals surface area contributed by atoms with Crippen molar-refractivity contribution in [2.24, 2.45) is 0 Å². The second kappa shape index (κ2) is 5.35. The lowest BCUT2D eigenvalue weighted by molar-refractivity contribution is -0.131. The third-order valence-corrected chi connectivity index (χ3v) is 4.12. The van der Waals surface area contributed by atoms with Gasteiger partial charge in [-0.15, -0.1) is 0 Å². The molecule has 1 aliphatic heterocycles. The van der Waals surface area contributed by atoms with Crippen LogP contribution in [0.15, 0.2) is 10.7 Å². The summed E-state index contributed by atoms with van der Waals surface area (Å²) in [6.07, 6.45) is 4.13. The fourth-order valence-corrected chi connectivity index (χ4v) is 2.96. The third-order valence-electron chi connectivity index (χ3n) is 4.12. The second-order valence-corrected chi connectivity index (χ2v) is 5.68. The Kier molecular flexibility index (Phi) is 3.53. The highest BCUT2D eigenvalue weighted by Crippen LogP contribution is 2.31. The van der Waals surface area contributed by atoms with E-state index in [1.165, 1.54) is 0 Å². The van der Waals surface area contributed by atoms with Crippen molar-refractivity contribution in [2.75, 3.05) is 6.54 Å². The minimum atomic E-state index is 0.0617. The van der Waals surface area contributed by atoms with E-state index in [4.69, 9.17) is 4.52 Å². The predicted molar refractivity (Wildman–Crippen MR) is 76.7 cm³/mol. The minimum Gasteiger partial charge on any atom is -0.361 e. The topological polar surface area (TPSA) is 75.0 Å². The molecule has 2 aromatic heterocycles. The Labute approximate surface area is 123 Å². The van der Waals surface area contributed by atoms with Gasteiger partial charge in [0.15, 0.2) is 0 Å². The number of nitrogens with one attached hydrogen (secondary N) is 1. The van der Waals surface area contributed by atoms with Crippen molar-refractivity contribution >= 4 is 5.91 Å². The Morgan fingerprint density at radius 2 is 2.29 bits per heavy atom. The highest BCUT2D eigenvalue weighted by atomic mass is 16.5. The number of amides is 1. The van der Waals surface area contributed by atoms with E-state index in [1.54, 1.807) is 0 Å². The molecule has 1 aliphatic rings. The van der Waals surface area contributed by atoms with E-state index in [0.717, 1.165) is 47.9 Å². The summed E-state index contributed by atoms with van der Waals surface area (Å²) >= 11 is 0. The van der Waals surface area contributed by atoms with Crippen LogP contribution in [-0.2, 0) is 11.2 Å². The van der Waals surface area contributed by atoms with Gasteiger partial charge in [0.05, 0.1) is 18.2 Å². The maximum Gasteiger partial charge on any atom is 0.227 e. The van der Waals surface area contributed by atoms with E-state index in [1.807, 2.05) is 31.9 Å². The summed E-state index contributed by atoms with van der Waals surface area (Å²) in [5.74, 6) is 1.73. The number of aromatic amines is 1. The molecule has 1 atom stereocenters. The maximum absolute atomic E-state index is 12.6. The number of imidazole rings is 1. The number of carbonyl (C=O) groups excluding carboxylic acids is 1. The standard InChI is InChI=1S/C15H20N4O2/c1-9-8-16-15(17-9)13-5-4-6-19(13)14(20)7-12-10(2)18-21-11(12)3/h8,13H,4-7H2,1-3H3,(H,16,17)/t13-/m0/s1. The Morgan fingerprint density at radius 3 is 2.90 bits per heavy atom. The molecule has 3 rings (SSSR count). The zero-order valence-electron chi connectivity index (χ0n) is 12.6. The summed E-state index contributed by atoms with van der Waals surface area (Å²) in [6.45, 7) is 6.48. The van der Waals surface area contributed by atoms with Gasteiger partial charge in [0.25, 0.3) is 0 Å². The lowest BCUT2D eigenvalue weighted by Crippen LogP contribution is -2.32. The molecule has 6 heteroatoms. The van der Waals surface area contributed by atoms with E-state index in [0.29, 0.717) is 6.42 Å². The van der Waals surface area contributed by atoms with Gasteiger partial charge in [-0.1, -0.05) is 5.16 Å². The highest BCUT2D eigenvalue weighted by Gasteiger charge is 2.32. The Hall–Kier alpha value is -2.11. The first kappa shape index (κ1) is 13.9. The summed E-state index contributed by atoms with van der Waals surface area (Å²) in [5, 5.41) is 3.91. The number of likely N-dealkylation sites (tertiary alicyclic amines) is 1. The monoisotopic (exact) mass is 288 g/mol. The quantitative estimate of drug-likeness (QED) is 0.939. The van der Waals surface area contributed by atoms with Crippen LogP contribution < -0.4 is 0 Å². The smallest absolute Gasteiger partial charge is 0.227 e. The van der Waals surface area contributed by atoms with Crippen molar-refractivity contribution in [3.05, 3.63) is 34.7 Å². The Bertz CT molecular complexity index is 639. The first-order valence-corrected chi connectivity index (χ1v) is 7.29. The van der Waals surface area contributed by atoms with E-state index in [2.05, 4.69) is 15.1 Å². The van der Waals surface area contributed by atoms with Gasteiger partial charge in [0.1, 0.15) is 11.6 Å². The van der Waals surface area contributed by atoms with Crippen molar-refractivity contribution in [3.8, 4) is 0 Å². The summed E-state index contributed by atoms with van der Waals surface area (Å²) in [5.41, 5.74) is 2.72. The van der Waals surface area contributed by atoms with Crippen molar-refractivity contribution in [2.45, 2.75) is 46.1 Å². The number of aromatic nitrogens is 3. The van der Waals surface area contributed by atoms with Crippen LogP contribution in [-0.4, -0.2) is 32.5 Å². The van der Waals surface area contributed by atoms with Gasteiger partial charge in [-0.3, -0.25) is 4.79 Å². The van der Waals surface area contributed by atoms with E-state index >= 15 is 0 Å². The number of hydrogen-bond donors (Lipinski definition) is 1. The summed E-state index contributed by atoms with van der Waals surface area (Å²) in [6, 6.07) is 0.0617. The van der Waals surface area contributed by atoms with Gasteiger partial charge in [0.2, 0.25) is 5.91 Å². The van der Waals surface area contributed by atoms with Crippen LogP contribution in [0, 0.1) is 20.8 Å². The first-order chi connectivity index (χ1) is 10.1. The highest BCUT2D eigenvalue weighted by molar-refractivity contribution is 5.79. The van der Waals surface area contributed by atoms with Gasteiger partial charge in [-0.2, -0.15) is 0 Å². The number of carbonyl (C=O) groups is 1. The Balaban J connectivity index is 1.77. The molecule has 3 heterocycles. The number of aryl methyl sites for hydroxylation is 3. The molecule has 2 aromatic rings. The molecule has 0 unspecified atom stereocenters. The molecule has 1 amide bonds. The van der Waals surface area contributed by atoms with Crippen molar-refractivity contribution in [1.29, 1.82) is 0 Å². The molecule has 0 aliphatic carbocycles. The lowest BCUT2D eigenvalue weighted by atomic mass is 10.1. The first-order valence-electron chi connectivity index (χ1n) is 7.29. The zero-order chi connectivity index (χ0) is 15.0. The molecule has 0 spiro atoms. The molecule has 112 valence electrons. The largest absolute Gasteiger partial charge is 0.361 e. The fraction of sp³-hybridized carbons (Fsp3) is 0.533. The van der Waals surface area contributed by atoms with Crippen molar-refractivity contribution in [3.63, 3.8) is 0 Å². The van der Waals surface area contributed by atoms with Crippen molar-refractivity contribution in [1.82, 2.24) is 20.0 Å². The molecule has 6 nitrogen and oxygen atoms in total. The summed E-state index contributed by atoms with van der Waals surface area (Å²) in [7, 11) is 0. The fourth-order valence-electron chi connectivity index (χ4n) is 2.96. The molecule has 21 heavy (non-hydrogen) atoms. The van der Waals surface area contributed by atoms with E-state index in [9.17, 15) is 4.79 Å². The van der Waals surface area contributed by atoms with Crippen LogP contribution in [0.1, 0.15) is 47.4 Å². The summed E-state index contributed by atoms with van der Waals surface area (Å²) in [4.78, 5) is 22.2. The van der Waals surface area contributed by atoms with E-state index < -0.39 is 0 Å². The molecule has 0 radical (unpaired) electrons. The van der Waals surface area contributed by atoms with Crippen molar-refractivity contribution < 1.29 is 9.32 Å². The van der Waals surface area contributed by atoms with Crippen LogP contribution in [0.25, 0.3) is 0 Å². The number of H-pyrrole nitrogens is 1. The third kappa shape index (κ3) is 2.57. The number of hydrogen-bond acceptors (Lipinski definition) is 4. The molecular formula is C15H20N4O2. The summed E-state index contributed by atoms with van der Waals surface area (Å²) < 4.78 is 5.13. The maximum atomic E-state index is 12.6. The van der Waals surface area contributed by atoms with Crippen LogP contribution in [0.4, 0.5) is 0 Å². The van der Waals surface area contributed by atoms with Crippen LogP contribution in [0.5, 0.6) is 0 Å². The van der Waals surface area contributed by atoms with Gasteiger partial charge in [-0.25, -0.2) is 4.98 Å². The number of nitrogens with zero attached hydrogens (tertiary/aromatic N) is 3. The van der Waals surface area contributed by atoms with Crippen LogP contribution >= 0.6 is 0 Å². The van der Waals surface area contributed by atoms with Gasteiger partial charge >= 0.3 is 0 Å². The molecule has 0 aromatic carbocycles. The average Bonchev–Trinajstić information content (AvgIpc) is 3.14. The van der Waals surface area contributed by atoms with E-state index in [-0.39, 0.29) is 11.9 Å². The minimum absolute atomic E-state index is 0.0617. The number of rotatable bonds is 3. The molecule has 1 saturated heterocycles. The average molecular weight is 288 g/mol. The normalized spacial score (nSPS) is 18.4. The van der Waals surface area contributed by atoms with Gasteiger partial charge < -0.3 is 14.4 Å². The molecule has 0 saturated carbocycles. The molecule has 1 fully saturated rings. The second-order valence-electron chi connectivity index (χ2n) is 5.68. The SMILES string of the molecule is Cc1cnc([C@@H]2CCCN2C(=O)Cc2c(C)noc2C)[nH]1. The molecule has 0 bridgehead atoms. The van der Waals surface area contributed by atoms with Crippen LogP contribution in [0.3, 0.4) is 0 Å². The van der Waals surface area contributed by atoms with Gasteiger partial charge in [0, 0.05) is 24.0 Å². The Morgan fingerprint density at radius 1 is 1.48 bits per heavy atom. The van der Waals surface area contributed by atoms with Crippen LogP contribution in [0.2, 0.25) is 0 Å². The zero-order valence-corrected chi connectivity index (χ0v) is 12.6. The lowest BCUT2D eigenvalue weighted by Gasteiger charge is -2.23. The predicted octanol–water partition coefficient (Wildman–Crippen LogP) is 2.23. The molecular weight excluding hydrogens is 268 g/mol. The molecule has 1 N–H and O–H groups in total. The van der Waals surface area contributed by atoms with Gasteiger partial charge in [-0.05, 0) is 33.6 Å².